The van der Waals surface area contributed by atoms with Crippen LogP contribution in [0.1, 0.15) is 30.9 Å². The number of rotatable bonds is 3. The summed E-state index contributed by atoms with van der Waals surface area (Å²) in [7, 11) is 1.37. The third-order valence-electron chi connectivity index (χ3n) is 4.00. The number of hydrogen-bond acceptors (Lipinski definition) is 3. The fraction of sp³-hybridized carbons (Fsp3) is 0.500. The van der Waals surface area contributed by atoms with Gasteiger partial charge in [0.05, 0.1) is 13.5 Å². The van der Waals surface area contributed by atoms with Crippen LogP contribution in [0.15, 0.2) is 18.2 Å². The first kappa shape index (κ1) is 13.0. The molecule has 0 aliphatic heterocycles. The SMILES string of the molecule is COC(=O)CC1(C(C)N)CCc2cc(F)ccc21. The van der Waals surface area contributed by atoms with Crippen molar-refractivity contribution in [3.63, 3.8) is 0 Å². The van der Waals surface area contributed by atoms with E-state index in [2.05, 4.69) is 0 Å². The molecule has 3 nitrogen and oxygen atoms in total. The van der Waals surface area contributed by atoms with E-state index in [0.717, 1.165) is 24.0 Å². The van der Waals surface area contributed by atoms with Gasteiger partial charge < -0.3 is 10.5 Å². The Labute approximate surface area is 106 Å². The molecule has 98 valence electrons. The minimum Gasteiger partial charge on any atom is -0.469 e. The summed E-state index contributed by atoms with van der Waals surface area (Å²) in [5.74, 6) is -0.517. The lowest BCUT2D eigenvalue weighted by Crippen LogP contribution is -2.43. The van der Waals surface area contributed by atoms with Crippen LogP contribution in [0.3, 0.4) is 0 Å². The maximum atomic E-state index is 13.2. The number of fused-ring (bicyclic) bond motifs is 1. The Morgan fingerprint density at radius 1 is 1.61 bits per heavy atom. The number of ether oxygens (including phenoxy) is 1. The van der Waals surface area contributed by atoms with Crippen molar-refractivity contribution in [1.82, 2.24) is 0 Å². The molecule has 0 amide bonds. The summed E-state index contributed by atoms with van der Waals surface area (Å²) in [6, 6.07) is 4.54. The van der Waals surface area contributed by atoms with Crippen LogP contribution in [0.25, 0.3) is 0 Å². The second kappa shape index (κ2) is 4.69. The van der Waals surface area contributed by atoms with Crippen molar-refractivity contribution in [2.24, 2.45) is 5.73 Å². The molecule has 18 heavy (non-hydrogen) atoms. The smallest absolute Gasteiger partial charge is 0.306 e. The summed E-state index contributed by atoms with van der Waals surface area (Å²) >= 11 is 0. The van der Waals surface area contributed by atoms with E-state index in [1.54, 1.807) is 6.07 Å². The summed E-state index contributed by atoms with van der Waals surface area (Å²) < 4.78 is 18.0. The zero-order valence-corrected chi connectivity index (χ0v) is 10.7. The summed E-state index contributed by atoms with van der Waals surface area (Å²) in [4.78, 5) is 11.6. The summed E-state index contributed by atoms with van der Waals surface area (Å²) in [5.41, 5.74) is 7.61. The van der Waals surface area contributed by atoms with Crippen molar-refractivity contribution < 1.29 is 13.9 Å². The molecular weight excluding hydrogens is 233 g/mol. The van der Waals surface area contributed by atoms with Gasteiger partial charge in [0.15, 0.2) is 0 Å². The number of benzene rings is 1. The molecule has 0 saturated heterocycles. The van der Waals surface area contributed by atoms with Gasteiger partial charge in [0.1, 0.15) is 5.82 Å². The molecule has 2 rings (SSSR count). The minimum atomic E-state index is -0.421. The zero-order valence-electron chi connectivity index (χ0n) is 10.7. The third-order valence-corrected chi connectivity index (χ3v) is 4.00. The third kappa shape index (κ3) is 2.01. The zero-order chi connectivity index (χ0) is 13.3. The number of carbonyl (C=O) groups excluding carboxylic acids is 1. The van der Waals surface area contributed by atoms with Crippen LogP contribution in [-0.2, 0) is 21.4 Å². The van der Waals surface area contributed by atoms with E-state index in [1.165, 1.54) is 19.2 Å². The maximum absolute atomic E-state index is 13.2. The van der Waals surface area contributed by atoms with Crippen molar-refractivity contribution in [3.05, 3.63) is 35.1 Å². The van der Waals surface area contributed by atoms with Gasteiger partial charge in [-0.1, -0.05) is 6.07 Å². The summed E-state index contributed by atoms with van der Waals surface area (Å²) in [6.45, 7) is 1.89. The number of esters is 1. The molecule has 2 N–H and O–H groups in total. The largest absolute Gasteiger partial charge is 0.469 e. The monoisotopic (exact) mass is 251 g/mol. The van der Waals surface area contributed by atoms with E-state index in [1.807, 2.05) is 6.92 Å². The van der Waals surface area contributed by atoms with E-state index >= 15 is 0 Å². The molecule has 1 aromatic rings. The molecule has 0 heterocycles. The first-order valence-corrected chi connectivity index (χ1v) is 6.11. The molecule has 2 unspecified atom stereocenters. The van der Waals surface area contributed by atoms with Crippen LogP contribution in [0, 0.1) is 5.82 Å². The first-order chi connectivity index (χ1) is 8.49. The van der Waals surface area contributed by atoms with Crippen LogP contribution < -0.4 is 5.73 Å². The predicted molar refractivity (Wildman–Crippen MR) is 66.7 cm³/mol. The topological polar surface area (TPSA) is 52.3 Å². The maximum Gasteiger partial charge on any atom is 0.306 e. The quantitative estimate of drug-likeness (QED) is 0.835. The highest BCUT2D eigenvalue weighted by Gasteiger charge is 2.43. The van der Waals surface area contributed by atoms with Crippen molar-refractivity contribution >= 4 is 5.97 Å². The van der Waals surface area contributed by atoms with Gasteiger partial charge in [-0.2, -0.15) is 0 Å². The number of nitrogens with two attached hydrogens (primary N) is 1. The molecule has 1 aliphatic rings. The van der Waals surface area contributed by atoms with Crippen LogP contribution in [0.4, 0.5) is 4.39 Å². The number of carbonyl (C=O) groups is 1. The average Bonchev–Trinajstić information content (AvgIpc) is 2.68. The number of methoxy groups -OCH3 is 1. The lowest BCUT2D eigenvalue weighted by atomic mass is 9.73. The fourth-order valence-corrected chi connectivity index (χ4v) is 2.89. The summed E-state index contributed by atoms with van der Waals surface area (Å²) in [6.07, 6.45) is 1.77. The normalized spacial score (nSPS) is 23.6. The Morgan fingerprint density at radius 3 is 2.94 bits per heavy atom. The Hall–Kier alpha value is -1.42. The van der Waals surface area contributed by atoms with E-state index < -0.39 is 5.41 Å². The van der Waals surface area contributed by atoms with E-state index in [-0.39, 0.29) is 24.2 Å². The van der Waals surface area contributed by atoms with E-state index in [9.17, 15) is 9.18 Å². The predicted octanol–water partition coefficient (Wildman–Crippen LogP) is 1.92. The lowest BCUT2D eigenvalue weighted by Gasteiger charge is -2.33. The van der Waals surface area contributed by atoms with Crippen LogP contribution in [0.2, 0.25) is 0 Å². The van der Waals surface area contributed by atoms with Gasteiger partial charge in [-0.25, -0.2) is 4.39 Å². The molecule has 4 heteroatoms. The van der Waals surface area contributed by atoms with Crippen LogP contribution >= 0.6 is 0 Å². The number of hydrogen-bond donors (Lipinski definition) is 1. The van der Waals surface area contributed by atoms with E-state index in [0.29, 0.717) is 0 Å². The van der Waals surface area contributed by atoms with Gasteiger partial charge in [-0.15, -0.1) is 0 Å². The Kier molecular flexibility index (Phi) is 3.39. The molecule has 0 bridgehead atoms. The molecular formula is C14H18FNO2. The van der Waals surface area contributed by atoms with Gasteiger partial charge in [-0.3, -0.25) is 4.79 Å². The highest BCUT2D eigenvalue weighted by atomic mass is 19.1. The second-order valence-electron chi connectivity index (χ2n) is 5.00. The highest BCUT2D eigenvalue weighted by Crippen LogP contribution is 2.44. The van der Waals surface area contributed by atoms with Gasteiger partial charge in [0.25, 0.3) is 0 Å². The van der Waals surface area contributed by atoms with Gasteiger partial charge >= 0.3 is 5.97 Å². The van der Waals surface area contributed by atoms with Crippen molar-refractivity contribution in [1.29, 1.82) is 0 Å². The highest BCUT2D eigenvalue weighted by molar-refractivity contribution is 5.72. The fourth-order valence-electron chi connectivity index (χ4n) is 2.89. The molecule has 0 saturated carbocycles. The minimum absolute atomic E-state index is 0.177. The molecule has 0 fully saturated rings. The van der Waals surface area contributed by atoms with Crippen molar-refractivity contribution in [2.45, 2.75) is 37.6 Å². The molecule has 1 aromatic carbocycles. The van der Waals surface area contributed by atoms with Crippen molar-refractivity contribution in [3.8, 4) is 0 Å². The lowest BCUT2D eigenvalue weighted by molar-refractivity contribution is -0.142. The molecule has 0 aromatic heterocycles. The molecule has 0 radical (unpaired) electrons. The van der Waals surface area contributed by atoms with Gasteiger partial charge in [0, 0.05) is 11.5 Å². The van der Waals surface area contributed by atoms with Crippen molar-refractivity contribution in [2.75, 3.05) is 7.11 Å². The molecule has 1 aliphatic carbocycles. The second-order valence-corrected chi connectivity index (χ2v) is 5.00. The van der Waals surface area contributed by atoms with Gasteiger partial charge in [0.2, 0.25) is 0 Å². The molecule has 0 spiro atoms. The van der Waals surface area contributed by atoms with Crippen LogP contribution in [0.5, 0.6) is 0 Å². The Morgan fingerprint density at radius 2 is 2.33 bits per heavy atom. The number of aryl methyl sites for hydroxylation is 1. The standard InChI is InChI=1S/C14H18FNO2/c1-9(16)14(8-13(17)18-2)6-5-10-7-11(15)3-4-12(10)14/h3-4,7,9H,5-6,8,16H2,1-2H3. The Balaban J connectivity index is 2.43. The Bertz CT molecular complexity index is 473. The summed E-state index contributed by atoms with van der Waals surface area (Å²) in [5, 5.41) is 0. The van der Waals surface area contributed by atoms with Crippen LogP contribution in [-0.4, -0.2) is 19.1 Å². The number of halogens is 1. The van der Waals surface area contributed by atoms with E-state index in [4.69, 9.17) is 10.5 Å². The average molecular weight is 251 g/mol. The first-order valence-electron chi connectivity index (χ1n) is 6.11. The van der Waals surface area contributed by atoms with Gasteiger partial charge in [-0.05, 0) is 43.0 Å². The molecule has 2 atom stereocenters.